The van der Waals surface area contributed by atoms with Gasteiger partial charge in [-0.1, -0.05) is 64.8 Å². The van der Waals surface area contributed by atoms with Crippen molar-refractivity contribution in [1.82, 2.24) is 14.9 Å². The van der Waals surface area contributed by atoms with Crippen molar-refractivity contribution < 1.29 is 9.32 Å². The van der Waals surface area contributed by atoms with Gasteiger partial charge in [0.15, 0.2) is 11.5 Å². The van der Waals surface area contributed by atoms with Crippen molar-refractivity contribution in [1.29, 1.82) is 0 Å². The van der Waals surface area contributed by atoms with Crippen molar-refractivity contribution in [2.45, 2.75) is 34.2 Å². The molecular weight excluding hydrogens is 376 g/mol. The Balaban J connectivity index is 1.52. The van der Waals surface area contributed by atoms with Crippen molar-refractivity contribution in [3.8, 4) is 11.3 Å². The average Bonchev–Trinajstić information content (AvgIpc) is 3.30. The second-order valence-corrected chi connectivity index (χ2v) is 7.59. The van der Waals surface area contributed by atoms with Crippen LogP contribution in [0.5, 0.6) is 0 Å². The van der Waals surface area contributed by atoms with Crippen LogP contribution in [0.25, 0.3) is 11.3 Å². The summed E-state index contributed by atoms with van der Waals surface area (Å²) in [4.78, 5) is 12.8. The molecule has 2 aromatic heterocycles. The molecule has 0 bridgehead atoms. The molecule has 0 radical (unpaired) electrons. The van der Waals surface area contributed by atoms with E-state index in [2.05, 4.69) is 40.7 Å². The first kappa shape index (κ1) is 19.6. The van der Waals surface area contributed by atoms with E-state index in [1.165, 1.54) is 5.56 Å². The number of rotatable bonds is 5. The Hall–Kier alpha value is -3.67. The quantitative estimate of drug-likeness (QED) is 0.507. The first-order valence-electron chi connectivity index (χ1n) is 9.85. The normalized spacial score (nSPS) is 10.9. The van der Waals surface area contributed by atoms with Gasteiger partial charge < -0.3 is 9.84 Å². The second-order valence-electron chi connectivity index (χ2n) is 7.59. The van der Waals surface area contributed by atoms with Gasteiger partial charge in [-0.05, 0) is 33.3 Å². The molecule has 2 aromatic carbocycles. The molecule has 0 saturated heterocycles. The maximum Gasteiger partial charge on any atom is 0.277 e. The SMILES string of the molecule is Cc1ccc(-c2cc(C(=O)Nc3c(C)nn(Cc4cccc(C)c4)c3C)no2)cc1. The Kier molecular flexibility index (Phi) is 5.23. The summed E-state index contributed by atoms with van der Waals surface area (Å²) in [7, 11) is 0. The molecular formula is C24H24N4O2. The Bertz CT molecular complexity index is 1200. The zero-order chi connectivity index (χ0) is 21.3. The summed E-state index contributed by atoms with van der Waals surface area (Å²) in [5.74, 6) is 0.238. The number of amides is 1. The summed E-state index contributed by atoms with van der Waals surface area (Å²) in [5, 5.41) is 11.5. The highest BCUT2D eigenvalue weighted by molar-refractivity contribution is 6.03. The number of benzene rings is 2. The molecule has 4 aromatic rings. The summed E-state index contributed by atoms with van der Waals surface area (Å²) in [6.07, 6.45) is 0. The van der Waals surface area contributed by atoms with Crippen LogP contribution in [0.3, 0.4) is 0 Å². The van der Waals surface area contributed by atoms with Gasteiger partial charge in [-0.2, -0.15) is 5.10 Å². The van der Waals surface area contributed by atoms with Crippen LogP contribution in [0.15, 0.2) is 59.1 Å². The summed E-state index contributed by atoms with van der Waals surface area (Å²) in [5.41, 5.74) is 7.00. The van der Waals surface area contributed by atoms with Gasteiger partial charge in [0.25, 0.3) is 5.91 Å². The Morgan fingerprint density at radius 1 is 1.00 bits per heavy atom. The minimum atomic E-state index is -0.321. The first-order chi connectivity index (χ1) is 14.4. The lowest BCUT2D eigenvalue weighted by Gasteiger charge is -2.07. The maximum atomic E-state index is 12.8. The number of anilines is 1. The molecule has 0 unspecified atom stereocenters. The zero-order valence-electron chi connectivity index (χ0n) is 17.6. The standard InChI is InChI=1S/C24H24N4O2/c1-15-8-10-20(11-9-15)22-13-21(27-30-22)24(29)25-23-17(3)26-28(18(23)4)14-19-7-5-6-16(2)12-19/h5-13H,14H2,1-4H3,(H,25,29). The summed E-state index contributed by atoms with van der Waals surface area (Å²) >= 11 is 0. The fourth-order valence-corrected chi connectivity index (χ4v) is 3.43. The number of nitrogens with zero attached hydrogens (tertiary/aromatic N) is 3. The lowest BCUT2D eigenvalue weighted by Crippen LogP contribution is -2.13. The van der Waals surface area contributed by atoms with Gasteiger partial charge >= 0.3 is 0 Å². The predicted octanol–water partition coefficient (Wildman–Crippen LogP) is 5.07. The smallest absolute Gasteiger partial charge is 0.277 e. The number of carbonyl (C=O) groups excluding carboxylic acids is 1. The summed E-state index contributed by atoms with van der Waals surface area (Å²) < 4.78 is 7.28. The van der Waals surface area contributed by atoms with Crippen molar-refractivity contribution >= 4 is 11.6 Å². The van der Waals surface area contributed by atoms with Crippen molar-refractivity contribution in [3.05, 3.63) is 88.4 Å². The van der Waals surface area contributed by atoms with E-state index in [1.54, 1.807) is 6.07 Å². The number of carbonyl (C=O) groups is 1. The van der Waals surface area contributed by atoms with Gasteiger partial charge in [-0.15, -0.1) is 0 Å². The number of hydrogen-bond acceptors (Lipinski definition) is 4. The maximum absolute atomic E-state index is 12.8. The van der Waals surface area contributed by atoms with E-state index >= 15 is 0 Å². The molecule has 6 heteroatoms. The van der Waals surface area contributed by atoms with Crippen LogP contribution >= 0.6 is 0 Å². The van der Waals surface area contributed by atoms with Crippen LogP contribution in [-0.2, 0) is 6.54 Å². The van der Waals surface area contributed by atoms with Crippen LogP contribution in [-0.4, -0.2) is 20.8 Å². The second kappa shape index (κ2) is 7.99. The molecule has 1 N–H and O–H groups in total. The third kappa shape index (κ3) is 4.03. The molecule has 2 heterocycles. The van der Waals surface area contributed by atoms with E-state index in [-0.39, 0.29) is 11.6 Å². The highest BCUT2D eigenvalue weighted by Crippen LogP contribution is 2.24. The third-order valence-corrected chi connectivity index (χ3v) is 5.11. The summed E-state index contributed by atoms with van der Waals surface area (Å²) in [6, 6.07) is 17.8. The monoisotopic (exact) mass is 400 g/mol. The fraction of sp³-hybridized carbons (Fsp3) is 0.208. The molecule has 0 saturated carbocycles. The Morgan fingerprint density at radius 2 is 1.77 bits per heavy atom. The van der Waals surface area contributed by atoms with Crippen LogP contribution in [0, 0.1) is 27.7 Å². The van der Waals surface area contributed by atoms with Gasteiger partial charge in [0.1, 0.15) is 0 Å². The molecule has 0 fully saturated rings. The van der Waals surface area contributed by atoms with E-state index < -0.39 is 0 Å². The van der Waals surface area contributed by atoms with Gasteiger partial charge in [0.2, 0.25) is 0 Å². The third-order valence-electron chi connectivity index (χ3n) is 5.11. The largest absolute Gasteiger partial charge is 0.355 e. The van der Waals surface area contributed by atoms with E-state index in [4.69, 9.17) is 4.52 Å². The molecule has 1 amide bonds. The van der Waals surface area contributed by atoms with Gasteiger partial charge in [-0.3, -0.25) is 9.48 Å². The van der Waals surface area contributed by atoms with E-state index in [0.29, 0.717) is 18.0 Å². The molecule has 0 aliphatic carbocycles. The number of aromatic nitrogens is 3. The van der Waals surface area contributed by atoms with Crippen LogP contribution in [0.4, 0.5) is 5.69 Å². The fourth-order valence-electron chi connectivity index (χ4n) is 3.43. The van der Waals surface area contributed by atoms with E-state index in [0.717, 1.165) is 28.1 Å². The molecule has 6 nitrogen and oxygen atoms in total. The molecule has 152 valence electrons. The highest BCUT2D eigenvalue weighted by Gasteiger charge is 2.19. The van der Waals surface area contributed by atoms with Gasteiger partial charge in [-0.25, -0.2) is 0 Å². The Morgan fingerprint density at radius 3 is 2.50 bits per heavy atom. The van der Waals surface area contributed by atoms with Crippen LogP contribution in [0.1, 0.15) is 38.6 Å². The van der Waals surface area contributed by atoms with Crippen molar-refractivity contribution in [3.63, 3.8) is 0 Å². The summed E-state index contributed by atoms with van der Waals surface area (Å²) in [6.45, 7) is 8.57. The van der Waals surface area contributed by atoms with E-state index in [1.807, 2.05) is 55.8 Å². The topological polar surface area (TPSA) is 73.0 Å². The number of nitrogens with one attached hydrogen (secondary N) is 1. The first-order valence-corrected chi connectivity index (χ1v) is 9.85. The lowest BCUT2D eigenvalue weighted by molar-refractivity contribution is 0.101. The van der Waals surface area contributed by atoms with Gasteiger partial charge in [0.05, 0.1) is 23.6 Å². The highest BCUT2D eigenvalue weighted by atomic mass is 16.5. The van der Waals surface area contributed by atoms with Crippen molar-refractivity contribution in [2.24, 2.45) is 0 Å². The predicted molar refractivity (Wildman–Crippen MR) is 117 cm³/mol. The molecule has 0 aliphatic rings. The minimum Gasteiger partial charge on any atom is -0.355 e. The van der Waals surface area contributed by atoms with Crippen LogP contribution in [0.2, 0.25) is 0 Å². The lowest BCUT2D eigenvalue weighted by atomic mass is 10.1. The molecule has 0 spiro atoms. The molecule has 30 heavy (non-hydrogen) atoms. The Labute approximate surface area is 175 Å². The molecule has 0 atom stereocenters. The number of hydrogen-bond donors (Lipinski definition) is 1. The van der Waals surface area contributed by atoms with Crippen molar-refractivity contribution in [2.75, 3.05) is 5.32 Å². The van der Waals surface area contributed by atoms with Crippen LogP contribution < -0.4 is 5.32 Å². The van der Waals surface area contributed by atoms with E-state index in [9.17, 15) is 4.79 Å². The molecule has 0 aliphatic heterocycles. The zero-order valence-corrected chi connectivity index (χ0v) is 17.6. The number of aryl methyl sites for hydroxylation is 3. The minimum absolute atomic E-state index is 0.232. The van der Waals surface area contributed by atoms with Gasteiger partial charge in [0, 0.05) is 11.6 Å². The molecule has 4 rings (SSSR count). The average molecular weight is 400 g/mol.